The number of allylic oxidation sites excluding steroid dienone is 2. The summed E-state index contributed by atoms with van der Waals surface area (Å²) in [6.45, 7) is 9.00. The molecular weight excluding hydrogens is 172 g/mol. The molecule has 0 unspecified atom stereocenters. The molecule has 0 aliphatic rings. The molecule has 0 aliphatic carbocycles. The number of nitrogens with zero attached hydrogens (tertiary/aromatic N) is 2. The lowest BCUT2D eigenvalue weighted by Crippen LogP contribution is -2.27. The Morgan fingerprint density at radius 2 is 0.857 bits per heavy atom. The number of hydrogen-bond acceptors (Lipinski definition) is 2. The molecule has 2 heteroatoms. The molecule has 14 heavy (non-hydrogen) atoms. The van der Waals surface area contributed by atoms with Crippen LogP contribution >= 0.6 is 0 Å². The third kappa shape index (κ3) is 3.24. The second-order valence-electron chi connectivity index (χ2n) is 4.87. The molecule has 0 heterocycles. The zero-order valence-corrected chi connectivity index (χ0v) is 11.0. The molecule has 0 bridgehead atoms. The van der Waals surface area contributed by atoms with Crippen LogP contribution in [0, 0.1) is 11.8 Å². The topological polar surface area (TPSA) is 6.48 Å². The molecule has 0 aromatic heterocycles. The zero-order chi connectivity index (χ0) is 11.5. The second kappa shape index (κ2) is 5.28. The lowest BCUT2D eigenvalue weighted by atomic mass is 10.00. The lowest BCUT2D eigenvalue weighted by molar-refractivity contribution is 0.364. The third-order valence-corrected chi connectivity index (χ3v) is 2.32. The molecule has 0 amide bonds. The van der Waals surface area contributed by atoms with Gasteiger partial charge in [0, 0.05) is 39.6 Å². The monoisotopic (exact) mass is 198 g/mol. The Morgan fingerprint density at radius 1 is 0.643 bits per heavy atom. The van der Waals surface area contributed by atoms with Crippen LogP contribution in [-0.4, -0.2) is 38.0 Å². The highest BCUT2D eigenvalue weighted by molar-refractivity contribution is 5.15. The molecule has 0 saturated carbocycles. The van der Waals surface area contributed by atoms with Crippen molar-refractivity contribution in [1.82, 2.24) is 9.80 Å². The molecule has 0 saturated heterocycles. The normalized spacial score (nSPS) is 13.3. The van der Waals surface area contributed by atoms with E-state index in [-0.39, 0.29) is 0 Å². The van der Waals surface area contributed by atoms with Crippen molar-refractivity contribution in [1.29, 1.82) is 0 Å². The van der Waals surface area contributed by atoms with E-state index in [2.05, 4.69) is 65.7 Å². The van der Waals surface area contributed by atoms with E-state index in [1.165, 1.54) is 11.4 Å². The zero-order valence-electron chi connectivity index (χ0n) is 11.0. The van der Waals surface area contributed by atoms with Crippen molar-refractivity contribution in [3.63, 3.8) is 0 Å². The molecule has 0 aliphatic heterocycles. The van der Waals surface area contributed by atoms with E-state index < -0.39 is 0 Å². The predicted molar refractivity (Wildman–Crippen MR) is 64.1 cm³/mol. The second-order valence-corrected chi connectivity index (χ2v) is 4.87. The first-order valence-electron chi connectivity index (χ1n) is 5.37. The first-order valence-corrected chi connectivity index (χ1v) is 5.37. The summed E-state index contributed by atoms with van der Waals surface area (Å²) in [6, 6.07) is 0. The SMILES string of the molecule is CC(C)/C(=C(/C(C)C)N(C)C)N(C)C. The van der Waals surface area contributed by atoms with Crippen molar-refractivity contribution < 1.29 is 0 Å². The fourth-order valence-electron chi connectivity index (χ4n) is 2.08. The van der Waals surface area contributed by atoms with E-state index in [9.17, 15) is 0 Å². The maximum atomic E-state index is 2.25. The Kier molecular flexibility index (Phi) is 5.03. The highest BCUT2D eigenvalue weighted by Crippen LogP contribution is 2.24. The summed E-state index contributed by atoms with van der Waals surface area (Å²) in [4.78, 5) is 4.47. The molecule has 84 valence electrons. The first kappa shape index (κ1) is 13.3. The first-order chi connectivity index (χ1) is 6.29. The molecule has 0 fully saturated rings. The standard InChI is InChI=1S/C12H26N2/c1-9(2)11(13(5)6)12(10(3)4)14(7)8/h9-10H,1-8H3/b12-11+. The summed E-state index contributed by atoms with van der Waals surface area (Å²) in [6.07, 6.45) is 0. The van der Waals surface area contributed by atoms with Gasteiger partial charge in [-0.2, -0.15) is 0 Å². The van der Waals surface area contributed by atoms with Crippen LogP contribution in [0.2, 0.25) is 0 Å². The molecular formula is C12H26N2. The summed E-state index contributed by atoms with van der Waals surface area (Å²) in [7, 11) is 8.50. The highest BCUT2D eigenvalue weighted by atomic mass is 15.1. The Bertz CT molecular complexity index is 158. The molecule has 0 atom stereocenters. The molecule has 0 spiro atoms. The van der Waals surface area contributed by atoms with Gasteiger partial charge in [-0.25, -0.2) is 0 Å². The van der Waals surface area contributed by atoms with Gasteiger partial charge in [0.1, 0.15) is 0 Å². The van der Waals surface area contributed by atoms with Crippen molar-refractivity contribution in [2.45, 2.75) is 27.7 Å². The minimum Gasteiger partial charge on any atom is -0.379 e. The van der Waals surface area contributed by atoms with Crippen LogP contribution in [0.1, 0.15) is 27.7 Å². The Labute approximate surface area is 89.6 Å². The van der Waals surface area contributed by atoms with Gasteiger partial charge in [-0.3, -0.25) is 0 Å². The van der Waals surface area contributed by atoms with Gasteiger partial charge in [-0.1, -0.05) is 27.7 Å². The number of rotatable bonds is 4. The molecule has 0 N–H and O–H groups in total. The van der Waals surface area contributed by atoms with E-state index >= 15 is 0 Å². The lowest BCUT2D eigenvalue weighted by Gasteiger charge is -2.31. The third-order valence-electron chi connectivity index (χ3n) is 2.32. The minimum atomic E-state index is 0.574. The highest BCUT2D eigenvalue weighted by Gasteiger charge is 2.17. The Balaban J connectivity index is 5.27. The minimum absolute atomic E-state index is 0.574. The number of hydrogen-bond donors (Lipinski definition) is 0. The summed E-state index contributed by atoms with van der Waals surface area (Å²) >= 11 is 0. The fraction of sp³-hybridized carbons (Fsp3) is 0.833. The maximum Gasteiger partial charge on any atom is 0.0350 e. The summed E-state index contributed by atoms with van der Waals surface area (Å²) < 4.78 is 0. The van der Waals surface area contributed by atoms with Crippen molar-refractivity contribution in [3.8, 4) is 0 Å². The summed E-state index contributed by atoms with van der Waals surface area (Å²) in [5, 5.41) is 0. The van der Waals surface area contributed by atoms with Gasteiger partial charge in [-0.15, -0.1) is 0 Å². The van der Waals surface area contributed by atoms with Gasteiger partial charge in [0.25, 0.3) is 0 Å². The average Bonchev–Trinajstić information content (AvgIpc) is 1.96. The van der Waals surface area contributed by atoms with Gasteiger partial charge >= 0.3 is 0 Å². The summed E-state index contributed by atoms with van der Waals surface area (Å²) in [5.74, 6) is 1.15. The Hall–Kier alpha value is -0.660. The summed E-state index contributed by atoms with van der Waals surface area (Å²) in [5.41, 5.74) is 2.87. The van der Waals surface area contributed by atoms with Crippen LogP contribution in [0.5, 0.6) is 0 Å². The van der Waals surface area contributed by atoms with E-state index in [1.54, 1.807) is 0 Å². The van der Waals surface area contributed by atoms with E-state index in [1.807, 2.05) is 0 Å². The van der Waals surface area contributed by atoms with Crippen molar-refractivity contribution in [3.05, 3.63) is 11.4 Å². The van der Waals surface area contributed by atoms with Crippen LogP contribution < -0.4 is 0 Å². The average molecular weight is 198 g/mol. The van der Waals surface area contributed by atoms with Crippen LogP contribution in [0.4, 0.5) is 0 Å². The smallest absolute Gasteiger partial charge is 0.0350 e. The molecule has 0 aromatic rings. The van der Waals surface area contributed by atoms with Crippen molar-refractivity contribution in [2.75, 3.05) is 28.2 Å². The fourth-order valence-corrected chi connectivity index (χ4v) is 2.08. The van der Waals surface area contributed by atoms with E-state index in [0.717, 1.165) is 0 Å². The van der Waals surface area contributed by atoms with Crippen LogP contribution in [0.15, 0.2) is 11.4 Å². The molecule has 0 radical (unpaired) electrons. The van der Waals surface area contributed by atoms with Gasteiger partial charge < -0.3 is 9.80 Å². The van der Waals surface area contributed by atoms with E-state index in [0.29, 0.717) is 11.8 Å². The van der Waals surface area contributed by atoms with Crippen molar-refractivity contribution in [2.24, 2.45) is 11.8 Å². The van der Waals surface area contributed by atoms with Gasteiger partial charge in [0.05, 0.1) is 0 Å². The van der Waals surface area contributed by atoms with Gasteiger partial charge in [0.15, 0.2) is 0 Å². The van der Waals surface area contributed by atoms with Gasteiger partial charge in [0.2, 0.25) is 0 Å². The molecule has 2 nitrogen and oxygen atoms in total. The largest absolute Gasteiger partial charge is 0.379 e. The van der Waals surface area contributed by atoms with E-state index in [4.69, 9.17) is 0 Å². The molecule has 0 aromatic carbocycles. The van der Waals surface area contributed by atoms with Crippen LogP contribution in [0.3, 0.4) is 0 Å². The van der Waals surface area contributed by atoms with Crippen LogP contribution in [-0.2, 0) is 0 Å². The van der Waals surface area contributed by atoms with Crippen molar-refractivity contribution >= 4 is 0 Å². The quantitative estimate of drug-likeness (QED) is 0.685. The van der Waals surface area contributed by atoms with Crippen LogP contribution in [0.25, 0.3) is 0 Å². The predicted octanol–water partition coefficient (Wildman–Crippen LogP) is 2.63. The maximum absolute atomic E-state index is 2.25. The van der Waals surface area contributed by atoms with Gasteiger partial charge in [-0.05, 0) is 11.8 Å². The Morgan fingerprint density at radius 3 is 0.929 bits per heavy atom. The molecule has 0 rings (SSSR count).